The molecule has 4 rings (SSSR count). The molecular weight excluding hydrogens is 452 g/mol. The fourth-order valence-electron chi connectivity index (χ4n) is 5.38. The summed E-state index contributed by atoms with van der Waals surface area (Å²) in [6, 6.07) is 18.4. The Hall–Kier alpha value is -3.67. The molecule has 3 aromatic carbocycles. The number of Topliss-reactive ketones (excluding diaryl/α,β-unsaturated/α-hetero) is 1. The summed E-state index contributed by atoms with van der Waals surface area (Å²) in [4.78, 5) is 23.9. The van der Waals surface area contributed by atoms with E-state index in [0.717, 1.165) is 34.8 Å². The number of nitro groups is 1. The van der Waals surface area contributed by atoms with Gasteiger partial charge in [-0.05, 0) is 66.1 Å². The summed E-state index contributed by atoms with van der Waals surface area (Å²) in [5, 5.41) is 12.9. The predicted octanol–water partition coefficient (Wildman–Crippen LogP) is 7.70. The first-order valence-electron chi connectivity index (χ1n) is 12.4. The molecular formula is C30H34N2O4. The van der Waals surface area contributed by atoms with Crippen molar-refractivity contribution in [2.45, 2.75) is 59.9 Å². The van der Waals surface area contributed by atoms with Crippen molar-refractivity contribution in [3.8, 4) is 5.75 Å². The maximum Gasteiger partial charge on any atom is 0.270 e. The minimum atomic E-state index is -0.396. The van der Waals surface area contributed by atoms with Crippen molar-refractivity contribution in [1.82, 2.24) is 4.57 Å². The number of nitro benzene ring substituents is 1. The summed E-state index contributed by atoms with van der Waals surface area (Å²) in [6.07, 6.45) is 1.05. The van der Waals surface area contributed by atoms with E-state index in [0.29, 0.717) is 11.3 Å². The van der Waals surface area contributed by atoms with Crippen molar-refractivity contribution in [2.75, 3.05) is 6.61 Å². The lowest BCUT2D eigenvalue weighted by Gasteiger charge is -2.33. The van der Waals surface area contributed by atoms with Crippen molar-refractivity contribution in [1.29, 1.82) is 0 Å². The Kier molecular flexibility index (Phi) is 6.65. The number of ketones is 1. The number of fused-ring (bicyclic) bond motifs is 3. The molecule has 0 unspecified atom stereocenters. The molecule has 0 spiro atoms. The molecule has 1 heterocycles. The number of nitrogens with zero attached hydrogens (tertiary/aromatic N) is 2. The second-order valence-corrected chi connectivity index (χ2v) is 11.3. The van der Waals surface area contributed by atoms with E-state index in [1.165, 1.54) is 11.6 Å². The lowest BCUT2D eigenvalue weighted by Crippen LogP contribution is -2.24. The van der Waals surface area contributed by atoms with Gasteiger partial charge < -0.3 is 9.30 Å². The third-order valence-electron chi connectivity index (χ3n) is 6.68. The third-order valence-corrected chi connectivity index (χ3v) is 6.68. The molecule has 0 aliphatic carbocycles. The Bertz CT molecular complexity index is 1440. The van der Waals surface area contributed by atoms with Gasteiger partial charge in [0.25, 0.3) is 5.69 Å². The Morgan fingerprint density at radius 3 is 2.11 bits per heavy atom. The van der Waals surface area contributed by atoms with Crippen molar-refractivity contribution >= 4 is 33.3 Å². The highest BCUT2D eigenvalue weighted by Gasteiger charge is 2.27. The van der Waals surface area contributed by atoms with Crippen LogP contribution in [0.1, 0.15) is 63.9 Å². The van der Waals surface area contributed by atoms with Crippen LogP contribution in [0.15, 0.2) is 60.7 Å². The average molecular weight is 487 g/mol. The number of ether oxygens (including phenoxy) is 1. The highest BCUT2D eigenvalue weighted by molar-refractivity contribution is 6.11. The summed E-state index contributed by atoms with van der Waals surface area (Å²) in [5.41, 5.74) is 3.91. The molecule has 0 saturated heterocycles. The minimum Gasteiger partial charge on any atom is -0.485 e. The van der Waals surface area contributed by atoms with Crippen LogP contribution < -0.4 is 4.74 Å². The molecule has 0 fully saturated rings. The number of benzene rings is 3. The zero-order valence-corrected chi connectivity index (χ0v) is 21.9. The molecule has 0 amide bonds. The molecule has 0 atom stereocenters. The summed E-state index contributed by atoms with van der Waals surface area (Å²) >= 11 is 0. The summed E-state index contributed by atoms with van der Waals surface area (Å²) in [7, 11) is 0. The second-order valence-electron chi connectivity index (χ2n) is 11.3. The van der Waals surface area contributed by atoms with Crippen LogP contribution in [0.4, 0.5) is 5.69 Å². The lowest BCUT2D eigenvalue weighted by molar-refractivity contribution is -0.384. The van der Waals surface area contributed by atoms with E-state index in [-0.39, 0.29) is 28.9 Å². The number of hydrogen-bond acceptors (Lipinski definition) is 4. The fourth-order valence-corrected chi connectivity index (χ4v) is 5.38. The van der Waals surface area contributed by atoms with Crippen LogP contribution in [0.3, 0.4) is 0 Å². The smallest absolute Gasteiger partial charge is 0.270 e. The third kappa shape index (κ3) is 5.13. The normalized spacial score (nSPS) is 12.3. The molecule has 0 aliphatic rings. The average Bonchev–Trinajstić information content (AvgIpc) is 3.13. The van der Waals surface area contributed by atoms with E-state index in [4.69, 9.17) is 4.74 Å². The van der Waals surface area contributed by atoms with Gasteiger partial charge in [0.1, 0.15) is 5.75 Å². The van der Waals surface area contributed by atoms with Crippen LogP contribution >= 0.6 is 0 Å². The molecule has 0 radical (unpaired) electrons. The largest absolute Gasteiger partial charge is 0.485 e. The van der Waals surface area contributed by atoms with Crippen molar-refractivity contribution < 1.29 is 14.5 Å². The number of rotatable bonds is 8. The minimum absolute atomic E-state index is 0.0341. The maximum absolute atomic E-state index is 13.0. The fraction of sp³-hybridized carbons (Fsp3) is 0.367. The van der Waals surface area contributed by atoms with Gasteiger partial charge in [-0.1, -0.05) is 46.8 Å². The number of hydrogen-bond donors (Lipinski definition) is 0. The highest BCUT2D eigenvalue weighted by atomic mass is 16.6. The molecule has 6 nitrogen and oxygen atoms in total. The monoisotopic (exact) mass is 486 g/mol. The Labute approximate surface area is 212 Å². The van der Waals surface area contributed by atoms with Crippen LogP contribution in [-0.4, -0.2) is 21.9 Å². The summed E-state index contributed by atoms with van der Waals surface area (Å²) in [5.74, 6) is 0.509. The SMILES string of the molecule is CCn1c2ccc(C(=O)COc3ccc(C(C)(C)CC(C)(C)C)cc3)cc2c2cc([N+](=O)[O-])ccc21. The standard InChI is InChI=1S/C30H34N2O4/c1-7-31-26-14-8-20(16-24(26)25-17-22(32(34)35)11-15-27(25)31)28(33)18-36-23-12-9-21(10-13-23)30(5,6)19-29(2,3)4/h8-17H,7,18-19H2,1-6H3. The van der Waals surface area contributed by atoms with Crippen molar-refractivity contribution in [2.24, 2.45) is 5.41 Å². The molecule has 188 valence electrons. The lowest BCUT2D eigenvalue weighted by atomic mass is 9.72. The summed E-state index contributed by atoms with van der Waals surface area (Å²) in [6.45, 7) is 13.9. The topological polar surface area (TPSA) is 74.4 Å². The van der Waals surface area contributed by atoms with Crippen LogP contribution in [0.5, 0.6) is 5.75 Å². The molecule has 6 heteroatoms. The van der Waals surface area contributed by atoms with Gasteiger partial charge in [0.05, 0.1) is 4.92 Å². The van der Waals surface area contributed by atoms with Crippen molar-refractivity contribution in [3.63, 3.8) is 0 Å². The number of carbonyl (C=O) groups excluding carboxylic acids is 1. The molecule has 4 aromatic rings. The molecule has 1 aromatic heterocycles. The van der Waals surface area contributed by atoms with Gasteiger partial charge in [0.2, 0.25) is 0 Å². The predicted molar refractivity (Wildman–Crippen MR) is 145 cm³/mol. The van der Waals surface area contributed by atoms with Crippen LogP contribution in [0.25, 0.3) is 21.8 Å². The van der Waals surface area contributed by atoms with Gasteiger partial charge in [-0.15, -0.1) is 0 Å². The van der Waals surface area contributed by atoms with Gasteiger partial charge in [0, 0.05) is 46.0 Å². The first kappa shape index (κ1) is 25.4. The number of carbonyl (C=O) groups is 1. The molecule has 0 N–H and O–H groups in total. The van der Waals surface area contributed by atoms with E-state index < -0.39 is 4.92 Å². The first-order chi connectivity index (χ1) is 16.9. The number of aryl methyl sites for hydroxylation is 1. The van der Waals surface area contributed by atoms with Crippen LogP contribution in [0, 0.1) is 15.5 Å². The number of non-ortho nitro benzene ring substituents is 1. The van der Waals surface area contributed by atoms with E-state index in [1.54, 1.807) is 18.2 Å². The van der Waals surface area contributed by atoms with Gasteiger partial charge in [0.15, 0.2) is 12.4 Å². The molecule has 0 bridgehead atoms. The van der Waals surface area contributed by atoms with Crippen molar-refractivity contribution in [3.05, 3.63) is 81.9 Å². The van der Waals surface area contributed by atoms with E-state index >= 15 is 0 Å². The van der Waals surface area contributed by atoms with E-state index in [9.17, 15) is 14.9 Å². The quantitative estimate of drug-likeness (QED) is 0.145. The molecule has 0 saturated carbocycles. The van der Waals surface area contributed by atoms with Gasteiger partial charge >= 0.3 is 0 Å². The molecule has 36 heavy (non-hydrogen) atoms. The Morgan fingerprint density at radius 1 is 0.917 bits per heavy atom. The second kappa shape index (κ2) is 9.41. The zero-order chi connectivity index (χ0) is 26.3. The van der Waals surface area contributed by atoms with Gasteiger partial charge in [-0.3, -0.25) is 14.9 Å². The number of aromatic nitrogens is 1. The van der Waals surface area contributed by atoms with Crippen LogP contribution in [-0.2, 0) is 12.0 Å². The molecule has 0 aliphatic heterocycles. The van der Waals surface area contributed by atoms with Gasteiger partial charge in [-0.25, -0.2) is 0 Å². The van der Waals surface area contributed by atoms with Crippen LogP contribution in [0.2, 0.25) is 0 Å². The van der Waals surface area contributed by atoms with E-state index in [2.05, 4.69) is 51.3 Å². The Balaban J connectivity index is 1.55. The van der Waals surface area contributed by atoms with Gasteiger partial charge in [-0.2, -0.15) is 0 Å². The Morgan fingerprint density at radius 2 is 1.53 bits per heavy atom. The first-order valence-corrected chi connectivity index (χ1v) is 12.4. The van der Waals surface area contributed by atoms with E-state index in [1.807, 2.05) is 31.2 Å². The highest BCUT2D eigenvalue weighted by Crippen LogP contribution is 2.37. The summed E-state index contributed by atoms with van der Waals surface area (Å²) < 4.78 is 7.92. The maximum atomic E-state index is 13.0. The zero-order valence-electron chi connectivity index (χ0n) is 21.9.